The molecule has 0 aromatic carbocycles. The zero-order valence-corrected chi connectivity index (χ0v) is 12.6. The van der Waals surface area contributed by atoms with Crippen molar-refractivity contribution in [2.24, 2.45) is 24.3 Å². The van der Waals surface area contributed by atoms with Gasteiger partial charge in [0.15, 0.2) is 0 Å². The Kier molecular flexibility index (Phi) is 3.42. The van der Waals surface area contributed by atoms with E-state index in [1.54, 1.807) is 0 Å². The minimum absolute atomic E-state index is 0.503. The molecule has 0 amide bonds. The Labute approximate surface area is 116 Å². The minimum Gasteiger partial charge on any atom is -0.316 e. The van der Waals surface area contributed by atoms with Crippen LogP contribution in [0.2, 0.25) is 0 Å². The van der Waals surface area contributed by atoms with Gasteiger partial charge in [-0.3, -0.25) is 4.68 Å². The molecule has 2 atom stereocenters. The van der Waals surface area contributed by atoms with Gasteiger partial charge in [-0.1, -0.05) is 6.92 Å². The molecular formula is C16H27N3. The summed E-state index contributed by atoms with van der Waals surface area (Å²) in [6, 6.07) is 2.27. The van der Waals surface area contributed by atoms with Gasteiger partial charge in [-0.15, -0.1) is 0 Å². The summed E-state index contributed by atoms with van der Waals surface area (Å²) in [5, 5.41) is 8.18. The monoisotopic (exact) mass is 261 g/mol. The van der Waals surface area contributed by atoms with Crippen LogP contribution in [0.25, 0.3) is 0 Å². The molecule has 2 fully saturated rings. The van der Waals surface area contributed by atoms with E-state index in [4.69, 9.17) is 0 Å². The van der Waals surface area contributed by atoms with Gasteiger partial charge in [0.25, 0.3) is 0 Å². The van der Waals surface area contributed by atoms with Gasteiger partial charge in [-0.2, -0.15) is 5.10 Å². The summed E-state index contributed by atoms with van der Waals surface area (Å²) in [6.07, 6.45) is 6.79. The zero-order valence-electron chi connectivity index (χ0n) is 12.6. The van der Waals surface area contributed by atoms with E-state index in [1.165, 1.54) is 44.3 Å². The fraction of sp³-hybridized carbons (Fsp3) is 0.812. The zero-order chi connectivity index (χ0) is 13.5. The number of aromatic nitrogens is 2. The first-order valence-corrected chi connectivity index (χ1v) is 7.82. The smallest absolute Gasteiger partial charge is 0.0596 e. The lowest BCUT2D eigenvalue weighted by molar-refractivity contribution is 0.244. The number of aryl methyl sites for hydroxylation is 2. The molecule has 1 aromatic heterocycles. The molecule has 19 heavy (non-hydrogen) atoms. The van der Waals surface area contributed by atoms with Crippen LogP contribution < -0.4 is 5.32 Å². The summed E-state index contributed by atoms with van der Waals surface area (Å²) in [6.45, 7) is 6.69. The molecular weight excluding hydrogens is 234 g/mol. The van der Waals surface area contributed by atoms with E-state index in [0.29, 0.717) is 5.41 Å². The van der Waals surface area contributed by atoms with E-state index in [-0.39, 0.29) is 0 Å². The molecule has 106 valence electrons. The summed E-state index contributed by atoms with van der Waals surface area (Å²) in [7, 11) is 2.09. The van der Waals surface area contributed by atoms with Crippen LogP contribution in [0.1, 0.15) is 44.0 Å². The van der Waals surface area contributed by atoms with Gasteiger partial charge in [0.05, 0.1) is 5.69 Å². The summed E-state index contributed by atoms with van der Waals surface area (Å²) in [5.41, 5.74) is 3.07. The molecule has 0 aliphatic heterocycles. The molecule has 0 saturated heterocycles. The van der Waals surface area contributed by atoms with E-state index in [0.717, 1.165) is 24.1 Å². The first-order chi connectivity index (χ1) is 9.12. The Morgan fingerprint density at radius 2 is 2.16 bits per heavy atom. The van der Waals surface area contributed by atoms with Crippen LogP contribution in [0.5, 0.6) is 0 Å². The molecule has 1 aromatic rings. The maximum Gasteiger partial charge on any atom is 0.0596 e. The van der Waals surface area contributed by atoms with Crippen LogP contribution in [0, 0.1) is 24.2 Å². The Hall–Kier alpha value is -0.830. The van der Waals surface area contributed by atoms with Crippen LogP contribution >= 0.6 is 0 Å². The van der Waals surface area contributed by atoms with Crippen LogP contribution in [0.15, 0.2) is 6.07 Å². The second-order valence-electron chi connectivity index (χ2n) is 6.92. The van der Waals surface area contributed by atoms with Gasteiger partial charge in [0.2, 0.25) is 0 Å². The van der Waals surface area contributed by atoms with Crippen molar-refractivity contribution in [2.45, 2.75) is 46.0 Å². The summed E-state index contributed by atoms with van der Waals surface area (Å²) >= 11 is 0. The lowest BCUT2D eigenvalue weighted by Gasteiger charge is -2.31. The maximum atomic E-state index is 4.51. The molecule has 2 saturated carbocycles. The summed E-state index contributed by atoms with van der Waals surface area (Å²) in [4.78, 5) is 0. The third-order valence-corrected chi connectivity index (χ3v) is 5.04. The average Bonchev–Trinajstić information content (AvgIpc) is 2.84. The number of hydrogen-bond acceptors (Lipinski definition) is 2. The lowest BCUT2D eigenvalue weighted by Crippen LogP contribution is -2.36. The van der Waals surface area contributed by atoms with E-state index in [1.807, 2.05) is 0 Å². The van der Waals surface area contributed by atoms with E-state index < -0.39 is 0 Å². The number of nitrogens with zero attached hydrogens (tertiary/aromatic N) is 2. The normalized spacial score (nSPS) is 32.6. The van der Waals surface area contributed by atoms with Crippen LogP contribution in [0.3, 0.4) is 0 Å². The van der Waals surface area contributed by atoms with Gasteiger partial charge >= 0.3 is 0 Å². The van der Waals surface area contributed by atoms with Crippen LogP contribution in [0.4, 0.5) is 0 Å². The molecule has 3 nitrogen and oxygen atoms in total. The number of rotatable bonds is 6. The fourth-order valence-electron chi connectivity index (χ4n) is 4.10. The standard InChI is InChI=1S/C16H27N3/c1-4-5-17-11-16(8-13-7-14(13)9-16)10-15-6-12(2)18-19(15)3/h6,13-14,17H,4-5,7-11H2,1-3H3. The second kappa shape index (κ2) is 4.93. The number of hydrogen-bond donors (Lipinski definition) is 1. The topological polar surface area (TPSA) is 29.9 Å². The van der Waals surface area contributed by atoms with Crippen molar-refractivity contribution in [3.8, 4) is 0 Å². The lowest BCUT2D eigenvalue weighted by atomic mass is 9.78. The second-order valence-corrected chi connectivity index (χ2v) is 6.92. The molecule has 0 radical (unpaired) electrons. The fourth-order valence-corrected chi connectivity index (χ4v) is 4.10. The summed E-state index contributed by atoms with van der Waals surface area (Å²) in [5.74, 6) is 2.08. The predicted molar refractivity (Wildman–Crippen MR) is 78.1 cm³/mol. The highest BCUT2D eigenvalue weighted by molar-refractivity contribution is 5.14. The third kappa shape index (κ3) is 2.71. The van der Waals surface area contributed by atoms with Gasteiger partial charge in [0, 0.05) is 19.3 Å². The van der Waals surface area contributed by atoms with Crippen molar-refractivity contribution in [1.82, 2.24) is 15.1 Å². The van der Waals surface area contributed by atoms with Crippen molar-refractivity contribution in [3.63, 3.8) is 0 Å². The number of fused-ring (bicyclic) bond motifs is 1. The summed E-state index contributed by atoms with van der Waals surface area (Å²) < 4.78 is 2.08. The van der Waals surface area contributed by atoms with Crippen molar-refractivity contribution in [2.75, 3.05) is 13.1 Å². The Balaban J connectivity index is 1.70. The van der Waals surface area contributed by atoms with Gasteiger partial charge in [0.1, 0.15) is 0 Å². The molecule has 0 bridgehead atoms. The van der Waals surface area contributed by atoms with Crippen LogP contribution in [-0.4, -0.2) is 22.9 Å². The van der Waals surface area contributed by atoms with Crippen molar-refractivity contribution in [3.05, 3.63) is 17.5 Å². The average molecular weight is 261 g/mol. The maximum absolute atomic E-state index is 4.51. The first-order valence-electron chi connectivity index (χ1n) is 7.82. The molecule has 3 heteroatoms. The molecule has 1 N–H and O–H groups in total. The van der Waals surface area contributed by atoms with Gasteiger partial charge < -0.3 is 5.32 Å². The minimum atomic E-state index is 0.503. The third-order valence-electron chi connectivity index (χ3n) is 5.04. The Bertz CT molecular complexity index is 439. The molecule has 2 unspecified atom stereocenters. The molecule has 3 rings (SSSR count). The Morgan fingerprint density at radius 1 is 1.42 bits per heavy atom. The number of nitrogens with one attached hydrogen (secondary N) is 1. The quantitative estimate of drug-likeness (QED) is 0.798. The highest BCUT2D eigenvalue weighted by Gasteiger charge is 2.53. The molecule has 2 aliphatic carbocycles. The van der Waals surface area contributed by atoms with Crippen molar-refractivity contribution in [1.29, 1.82) is 0 Å². The van der Waals surface area contributed by atoms with E-state index in [9.17, 15) is 0 Å². The molecule has 1 heterocycles. The predicted octanol–water partition coefficient (Wildman–Crippen LogP) is 2.69. The van der Waals surface area contributed by atoms with E-state index >= 15 is 0 Å². The van der Waals surface area contributed by atoms with E-state index in [2.05, 4.69) is 42.1 Å². The van der Waals surface area contributed by atoms with Crippen molar-refractivity contribution >= 4 is 0 Å². The molecule has 2 aliphatic rings. The first kappa shape index (κ1) is 13.2. The van der Waals surface area contributed by atoms with Gasteiger partial charge in [-0.25, -0.2) is 0 Å². The van der Waals surface area contributed by atoms with Crippen molar-refractivity contribution < 1.29 is 0 Å². The highest BCUT2D eigenvalue weighted by atomic mass is 15.3. The van der Waals surface area contributed by atoms with Crippen LogP contribution in [-0.2, 0) is 13.5 Å². The molecule has 0 spiro atoms. The highest BCUT2D eigenvalue weighted by Crippen LogP contribution is 2.60. The Morgan fingerprint density at radius 3 is 2.74 bits per heavy atom. The SMILES string of the molecule is CCCNCC1(Cc2cc(C)nn2C)CC2CC2C1. The van der Waals surface area contributed by atoms with Gasteiger partial charge in [-0.05, 0) is 68.9 Å². The largest absolute Gasteiger partial charge is 0.316 e.